The van der Waals surface area contributed by atoms with Gasteiger partial charge in [0.15, 0.2) is 0 Å². The molecule has 1 saturated carbocycles. The molecule has 1 heterocycles. The maximum atomic E-state index is 11.7. The van der Waals surface area contributed by atoms with Gasteiger partial charge >= 0.3 is 0 Å². The van der Waals surface area contributed by atoms with Crippen LogP contribution in [0.5, 0.6) is 0 Å². The van der Waals surface area contributed by atoms with Crippen LogP contribution in [-0.2, 0) is 6.42 Å². The minimum Gasteiger partial charge on any atom is -0.352 e. The molecule has 3 heteroatoms. The second-order valence-electron chi connectivity index (χ2n) is 5.07. The lowest BCUT2D eigenvalue weighted by Gasteiger charge is -2.18. The Morgan fingerprint density at radius 3 is 3.00 bits per heavy atom. The molecular formula is C14H16ClNO. The quantitative estimate of drug-likeness (QED) is 0.820. The Morgan fingerprint density at radius 2 is 2.24 bits per heavy atom. The topological polar surface area (TPSA) is 29.1 Å². The highest BCUT2D eigenvalue weighted by Gasteiger charge is 2.26. The van der Waals surface area contributed by atoms with E-state index in [9.17, 15) is 4.79 Å². The molecule has 0 aromatic heterocycles. The predicted octanol–water partition coefficient (Wildman–Crippen LogP) is 3.05. The van der Waals surface area contributed by atoms with Gasteiger partial charge in [-0.15, -0.1) is 11.6 Å². The zero-order valence-corrected chi connectivity index (χ0v) is 10.5. The van der Waals surface area contributed by atoms with Crippen molar-refractivity contribution in [2.75, 3.05) is 6.54 Å². The summed E-state index contributed by atoms with van der Waals surface area (Å²) in [5, 5.41) is 2.93. The summed E-state index contributed by atoms with van der Waals surface area (Å²) in [5.74, 6) is 0.853. The average Bonchev–Trinajstić information content (AvgIpc) is 3.13. The second-order valence-corrected chi connectivity index (χ2v) is 5.60. The van der Waals surface area contributed by atoms with Gasteiger partial charge in [0, 0.05) is 12.1 Å². The minimum atomic E-state index is 0.0448. The van der Waals surface area contributed by atoms with Crippen LogP contribution < -0.4 is 5.32 Å². The van der Waals surface area contributed by atoms with E-state index in [0.29, 0.717) is 0 Å². The highest BCUT2D eigenvalue weighted by Crippen LogP contribution is 2.40. The Kier molecular flexibility index (Phi) is 2.83. The summed E-state index contributed by atoms with van der Waals surface area (Å²) in [6, 6.07) is 6.12. The molecule has 0 bridgehead atoms. The van der Waals surface area contributed by atoms with Crippen molar-refractivity contribution in [3.05, 3.63) is 34.9 Å². The van der Waals surface area contributed by atoms with E-state index < -0.39 is 0 Å². The molecule has 17 heavy (non-hydrogen) atoms. The second kappa shape index (κ2) is 4.34. The number of hydrogen-bond acceptors (Lipinski definition) is 1. The summed E-state index contributed by atoms with van der Waals surface area (Å²) in [4.78, 5) is 11.7. The molecule has 1 fully saturated rings. The Morgan fingerprint density at radius 1 is 1.41 bits per heavy atom. The van der Waals surface area contributed by atoms with Gasteiger partial charge < -0.3 is 5.32 Å². The van der Waals surface area contributed by atoms with Crippen LogP contribution in [-0.4, -0.2) is 12.5 Å². The van der Waals surface area contributed by atoms with E-state index in [0.717, 1.165) is 42.0 Å². The number of alkyl halides is 1. The minimum absolute atomic E-state index is 0.0448. The molecule has 90 valence electrons. The van der Waals surface area contributed by atoms with Crippen molar-refractivity contribution < 1.29 is 4.79 Å². The summed E-state index contributed by atoms with van der Waals surface area (Å²) < 4.78 is 0. The maximum Gasteiger partial charge on any atom is 0.251 e. The van der Waals surface area contributed by atoms with E-state index in [2.05, 4.69) is 17.4 Å². The maximum absolute atomic E-state index is 11.7. The molecule has 1 aliphatic heterocycles. The molecule has 3 rings (SSSR count). The molecule has 1 aromatic rings. The van der Waals surface area contributed by atoms with Crippen molar-refractivity contribution in [2.24, 2.45) is 5.92 Å². The highest BCUT2D eigenvalue weighted by molar-refractivity contribution is 6.20. The highest BCUT2D eigenvalue weighted by atomic mass is 35.5. The number of nitrogens with one attached hydrogen (secondary N) is 1. The van der Waals surface area contributed by atoms with Crippen LogP contribution in [0.25, 0.3) is 0 Å². The van der Waals surface area contributed by atoms with Crippen molar-refractivity contribution in [2.45, 2.75) is 31.1 Å². The zero-order chi connectivity index (χ0) is 11.8. The molecule has 1 unspecified atom stereocenters. The Hall–Kier alpha value is -1.02. The van der Waals surface area contributed by atoms with Crippen molar-refractivity contribution in [1.82, 2.24) is 5.32 Å². The van der Waals surface area contributed by atoms with E-state index >= 15 is 0 Å². The first-order valence-corrected chi connectivity index (χ1v) is 6.73. The fraction of sp³-hybridized carbons (Fsp3) is 0.500. The lowest BCUT2D eigenvalue weighted by Crippen LogP contribution is -2.31. The van der Waals surface area contributed by atoms with Crippen molar-refractivity contribution in [3.8, 4) is 0 Å². The monoisotopic (exact) mass is 249 g/mol. The van der Waals surface area contributed by atoms with Gasteiger partial charge in [0.1, 0.15) is 0 Å². The van der Waals surface area contributed by atoms with Crippen LogP contribution in [0.3, 0.4) is 0 Å². The number of fused-ring (bicyclic) bond motifs is 1. The Balaban J connectivity index is 1.85. The van der Waals surface area contributed by atoms with Crippen molar-refractivity contribution >= 4 is 17.5 Å². The van der Waals surface area contributed by atoms with Gasteiger partial charge in [-0.1, -0.05) is 25.0 Å². The van der Waals surface area contributed by atoms with E-state index in [1.54, 1.807) is 0 Å². The Labute approximate surface area is 106 Å². The first-order chi connectivity index (χ1) is 8.24. The van der Waals surface area contributed by atoms with Crippen molar-refractivity contribution in [3.63, 3.8) is 0 Å². The first-order valence-electron chi connectivity index (χ1n) is 6.29. The molecule has 2 aliphatic rings. The molecule has 1 aromatic carbocycles. The number of rotatable bonds is 3. The number of halogens is 1. The van der Waals surface area contributed by atoms with E-state index in [1.807, 2.05) is 6.07 Å². The summed E-state index contributed by atoms with van der Waals surface area (Å²) in [6.07, 6.45) is 4.60. The van der Waals surface area contributed by atoms with Gasteiger partial charge in [0.2, 0.25) is 0 Å². The largest absolute Gasteiger partial charge is 0.352 e. The van der Waals surface area contributed by atoms with Crippen LogP contribution in [0, 0.1) is 5.92 Å². The van der Waals surface area contributed by atoms with E-state index in [4.69, 9.17) is 11.6 Å². The van der Waals surface area contributed by atoms with E-state index in [1.165, 1.54) is 12.8 Å². The summed E-state index contributed by atoms with van der Waals surface area (Å²) in [6.45, 7) is 0.748. The smallest absolute Gasteiger partial charge is 0.251 e. The number of carbonyl (C=O) groups excluding carboxylic acids is 1. The molecular weight excluding hydrogens is 234 g/mol. The van der Waals surface area contributed by atoms with E-state index in [-0.39, 0.29) is 11.3 Å². The lowest BCUT2D eigenvalue weighted by molar-refractivity contribution is 0.0946. The summed E-state index contributed by atoms with van der Waals surface area (Å²) >= 11 is 6.40. The van der Waals surface area contributed by atoms with Crippen LogP contribution in [0.2, 0.25) is 0 Å². The van der Waals surface area contributed by atoms with Crippen LogP contribution in [0.1, 0.15) is 46.1 Å². The van der Waals surface area contributed by atoms with Gasteiger partial charge in [0.05, 0.1) is 5.38 Å². The Bertz CT molecular complexity index is 454. The first kappa shape index (κ1) is 11.1. The zero-order valence-electron chi connectivity index (χ0n) is 9.71. The third-order valence-electron chi connectivity index (χ3n) is 3.66. The third kappa shape index (κ3) is 2.32. The summed E-state index contributed by atoms with van der Waals surface area (Å²) in [5.41, 5.74) is 3.05. The molecule has 1 aliphatic carbocycles. The van der Waals surface area contributed by atoms with Crippen LogP contribution in [0.4, 0.5) is 0 Å². The molecule has 1 amide bonds. The van der Waals surface area contributed by atoms with Gasteiger partial charge in [-0.2, -0.15) is 0 Å². The fourth-order valence-electron chi connectivity index (χ4n) is 2.41. The number of carbonyl (C=O) groups is 1. The summed E-state index contributed by atoms with van der Waals surface area (Å²) in [7, 11) is 0. The SMILES string of the molecule is O=C1NCCc2ccc(C(Cl)CC3CC3)cc21. The molecule has 1 N–H and O–H groups in total. The standard InChI is InChI=1S/C14H16ClNO/c15-13(7-9-1-2-9)11-4-3-10-5-6-16-14(17)12(10)8-11/h3-4,8-9,13H,1-2,5-7H2,(H,16,17). The molecule has 2 nitrogen and oxygen atoms in total. The van der Waals surface area contributed by atoms with Crippen molar-refractivity contribution in [1.29, 1.82) is 0 Å². The van der Waals surface area contributed by atoms with Gasteiger partial charge in [-0.25, -0.2) is 0 Å². The average molecular weight is 250 g/mol. The van der Waals surface area contributed by atoms with Gasteiger partial charge in [-0.3, -0.25) is 4.79 Å². The fourth-order valence-corrected chi connectivity index (χ4v) is 2.79. The molecule has 1 atom stereocenters. The lowest BCUT2D eigenvalue weighted by atomic mass is 9.95. The molecule has 0 saturated heterocycles. The van der Waals surface area contributed by atoms with Gasteiger partial charge in [0.25, 0.3) is 5.91 Å². The van der Waals surface area contributed by atoms with Crippen LogP contribution in [0.15, 0.2) is 18.2 Å². The number of benzene rings is 1. The third-order valence-corrected chi connectivity index (χ3v) is 4.09. The number of hydrogen-bond donors (Lipinski definition) is 1. The molecule has 0 spiro atoms. The number of amides is 1. The van der Waals surface area contributed by atoms with Crippen LogP contribution >= 0.6 is 11.6 Å². The predicted molar refractivity (Wildman–Crippen MR) is 68.4 cm³/mol. The van der Waals surface area contributed by atoms with Gasteiger partial charge in [-0.05, 0) is 36.0 Å². The normalized spacial score (nSPS) is 20.6. The molecule has 0 radical (unpaired) electrons.